The maximum atomic E-state index is 9.29. The van der Waals surface area contributed by atoms with Gasteiger partial charge >= 0.3 is 0 Å². The van der Waals surface area contributed by atoms with E-state index in [1.54, 1.807) is 0 Å². The van der Waals surface area contributed by atoms with Crippen LogP contribution in [0.1, 0.15) is 31.4 Å². The first-order valence-electron chi connectivity index (χ1n) is 6.70. The summed E-state index contributed by atoms with van der Waals surface area (Å²) in [5.74, 6) is 3.24. The van der Waals surface area contributed by atoms with Crippen LogP contribution < -0.4 is 10.1 Å². The monoisotopic (exact) mass is 259 g/mol. The molecule has 0 heterocycles. The third-order valence-electron chi connectivity index (χ3n) is 3.78. The van der Waals surface area contributed by atoms with Gasteiger partial charge in [-0.2, -0.15) is 0 Å². The zero-order chi connectivity index (χ0) is 13.7. The lowest BCUT2D eigenvalue weighted by Crippen LogP contribution is -2.28. The van der Waals surface area contributed by atoms with Crippen LogP contribution in [0.15, 0.2) is 24.3 Å². The van der Waals surface area contributed by atoms with Gasteiger partial charge < -0.3 is 15.2 Å². The van der Waals surface area contributed by atoms with Gasteiger partial charge in [0.25, 0.3) is 0 Å². The van der Waals surface area contributed by atoms with Crippen molar-refractivity contribution >= 4 is 0 Å². The topological polar surface area (TPSA) is 41.5 Å². The van der Waals surface area contributed by atoms with Crippen LogP contribution in [0.5, 0.6) is 5.75 Å². The minimum absolute atomic E-state index is 0.143. The lowest BCUT2D eigenvalue weighted by molar-refractivity contribution is 0.204. The van der Waals surface area contributed by atoms with Gasteiger partial charge in [-0.05, 0) is 37.5 Å². The van der Waals surface area contributed by atoms with Gasteiger partial charge in [0.2, 0.25) is 0 Å². The zero-order valence-electron chi connectivity index (χ0n) is 11.4. The number of ether oxygens (including phenoxy) is 1. The van der Waals surface area contributed by atoms with Crippen LogP contribution >= 0.6 is 0 Å². The van der Waals surface area contributed by atoms with E-state index >= 15 is 0 Å². The molecule has 0 aromatic heterocycles. The largest absolute Gasteiger partial charge is 0.481 e. The molecule has 19 heavy (non-hydrogen) atoms. The van der Waals surface area contributed by atoms with Crippen LogP contribution in [0.4, 0.5) is 0 Å². The van der Waals surface area contributed by atoms with Crippen LogP contribution in [0.2, 0.25) is 0 Å². The van der Waals surface area contributed by atoms with E-state index in [0.29, 0.717) is 6.61 Å². The van der Waals surface area contributed by atoms with E-state index < -0.39 is 0 Å². The minimum atomic E-state index is 0.143. The normalized spacial score (nSPS) is 17.5. The highest BCUT2D eigenvalue weighted by molar-refractivity contribution is 5.29. The van der Waals surface area contributed by atoms with E-state index in [1.807, 2.05) is 24.3 Å². The Kier molecular flexibility index (Phi) is 4.47. The van der Waals surface area contributed by atoms with Crippen molar-refractivity contribution in [3.63, 3.8) is 0 Å². The van der Waals surface area contributed by atoms with Crippen LogP contribution in [0.25, 0.3) is 0 Å². The van der Waals surface area contributed by atoms with Gasteiger partial charge in [-0.15, -0.1) is 6.42 Å². The Morgan fingerprint density at radius 3 is 2.63 bits per heavy atom. The Bertz CT molecular complexity index is 443. The summed E-state index contributed by atoms with van der Waals surface area (Å²) in [7, 11) is 0. The number of nitrogens with one attached hydrogen (secondary N) is 1. The van der Waals surface area contributed by atoms with Crippen molar-refractivity contribution < 1.29 is 9.84 Å². The van der Waals surface area contributed by atoms with Crippen molar-refractivity contribution in [3.8, 4) is 18.1 Å². The van der Waals surface area contributed by atoms with Crippen molar-refractivity contribution in [2.75, 3.05) is 19.8 Å². The smallest absolute Gasteiger partial charge is 0.148 e. The molecule has 1 fully saturated rings. The third-order valence-corrected chi connectivity index (χ3v) is 3.78. The lowest BCUT2D eigenvalue weighted by atomic mass is 10.1. The number of hydrogen-bond donors (Lipinski definition) is 2. The molecule has 2 rings (SSSR count). The highest BCUT2D eigenvalue weighted by atomic mass is 16.5. The Balaban J connectivity index is 1.85. The molecule has 0 amide bonds. The Morgan fingerprint density at radius 1 is 1.42 bits per heavy atom. The highest BCUT2D eigenvalue weighted by Crippen LogP contribution is 2.44. The van der Waals surface area contributed by atoms with E-state index in [2.05, 4.69) is 18.2 Å². The van der Waals surface area contributed by atoms with Gasteiger partial charge in [0.15, 0.2) is 0 Å². The van der Waals surface area contributed by atoms with Crippen molar-refractivity contribution in [1.29, 1.82) is 0 Å². The first-order chi connectivity index (χ1) is 9.19. The summed E-state index contributed by atoms with van der Waals surface area (Å²) in [6.07, 6.45) is 7.40. The fourth-order valence-corrected chi connectivity index (χ4v) is 2.03. The molecule has 1 saturated carbocycles. The molecule has 1 aromatic carbocycles. The summed E-state index contributed by atoms with van der Waals surface area (Å²) in [5, 5.41) is 12.8. The predicted molar refractivity (Wildman–Crippen MR) is 75.9 cm³/mol. The molecule has 0 aliphatic heterocycles. The van der Waals surface area contributed by atoms with Gasteiger partial charge in [0.1, 0.15) is 12.4 Å². The Labute approximate surface area is 115 Å². The molecule has 1 unspecified atom stereocenters. The van der Waals surface area contributed by atoms with Gasteiger partial charge in [-0.3, -0.25) is 0 Å². The highest BCUT2D eigenvalue weighted by Gasteiger charge is 2.41. The Hall–Kier alpha value is -1.50. The molecule has 1 aliphatic carbocycles. The Morgan fingerprint density at radius 2 is 2.11 bits per heavy atom. The molecule has 2 N–H and O–H groups in total. The predicted octanol–water partition coefficient (Wildman–Crippen LogP) is 2.12. The second-order valence-corrected chi connectivity index (χ2v) is 5.32. The molecule has 1 aromatic rings. The molecule has 0 bridgehead atoms. The maximum absolute atomic E-state index is 9.29. The van der Waals surface area contributed by atoms with Gasteiger partial charge in [-0.1, -0.05) is 18.1 Å². The number of aliphatic hydroxyl groups excluding tert-OH is 1. The summed E-state index contributed by atoms with van der Waals surface area (Å²) in [4.78, 5) is 0. The number of benzene rings is 1. The molecule has 0 radical (unpaired) electrons. The van der Waals surface area contributed by atoms with Crippen molar-refractivity contribution in [2.45, 2.75) is 25.8 Å². The van der Waals surface area contributed by atoms with E-state index in [0.717, 1.165) is 25.1 Å². The minimum Gasteiger partial charge on any atom is -0.481 e. The maximum Gasteiger partial charge on any atom is 0.148 e. The summed E-state index contributed by atoms with van der Waals surface area (Å²) >= 11 is 0. The molecular formula is C16H21NO2. The SMILES string of the molecule is C#CCOc1ccc(C(C)NCC2(CO)CC2)cc1. The van der Waals surface area contributed by atoms with Crippen molar-refractivity contribution in [3.05, 3.63) is 29.8 Å². The lowest BCUT2D eigenvalue weighted by Gasteiger charge is -2.19. The first kappa shape index (κ1) is 13.9. The van der Waals surface area contributed by atoms with E-state index in [9.17, 15) is 5.11 Å². The van der Waals surface area contributed by atoms with E-state index in [1.165, 1.54) is 5.56 Å². The van der Waals surface area contributed by atoms with Crippen molar-refractivity contribution in [1.82, 2.24) is 5.32 Å². The molecule has 102 valence electrons. The van der Waals surface area contributed by atoms with E-state index in [-0.39, 0.29) is 18.1 Å². The van der Waals surface area contributed by atoms with Gasteiger partial charge in [0, 0.05) is 24.6 Å². The quantitative estimate of drug-likeness (QED) is 0.737. The van der Waals surface area contributed by atoms with Gasteiger partial charge in [0.05, 0.1) is 0 Å². The zero-order valence-corrected chi connectivity index (χ0v) is 11.4. The number of hydrogen-bond acceptors (Lipinski definition) is 3. The van der Waals surface area contributed by atoms with E-state index in [4.69, 9.17) is 11.2 Å². The van der Waals surface area contributed by atoms with Crippen LogP contribution in [0, 0.1) is 17.8 Å². The fraction of sp³-hybridized carbons (Fsp3) is 0.500. The van der Waals surface area contributed by atoms with Crippen LogP contribution in [0.3, 0.4) is 0 Å². The molecule has 0 spiro atoms. The number of terminal acetylenes is 1. The van der Waals surface area contributed by atoms with Gasteiger partial charge in [-0.25, -0.2) is 0 Å². The standard InChI is InChI=1S/C16H21NO2/c1-3-10-19-15-6-4-14(5-7-15)13(2)17-11-16(12-18)8-9-16/h1,4-7,13,17-18H,8-12H2,2H3. The molecule has 1 atom stereocenters. The average Bonchev–Trinajstić information content (AvgIpc) is 3.24. The average molecular weight is 259 g/mol. The first-order valence-corrected chi connectivity index (χ1v) is 6.70. The summed E-state index contributed by atoms with van der Waals surface area (Å²) in [6, 6.07) is 8.23. The van der Waals surface area contributed by atoms with Crippen LogP contribution in [-0.4, -0.2) is 24.9 Å². The molecule has 3 nitrogen and oxygen atoms in total. The van der Waals surface area contributed by atoms with Crippen LogP contribution in [-0.2, 0) is 0 Å². The molecule has 1 aliphatic rings. The van der Waals surface area contributed by atoms with Crippen molar-refractivity contribution in [2.24, 2.45) is 5.41 Å². The third kappa shape index (κ3) is 3.73. The molecule has 0 saturated heterocycles. The number of aliphatic hydroxyl groups is 1. The fourth-order valence-electron chi connectivity index (χ4n) is 2.03. The second kappa shape index (κ2) is 6.10. The molecular weight excluding hydrogens is 238 g/mol. The summed E-state index contributed by atoms with van der Waals surface area (Å²) in [6.45, 7) is 3.59. The second-order valence-electron chi connectivity index (χ2n) is 5.32. The molecule has 3 heteroatoms. The summed E-state index contributed by atoms with van der Waals surface area (Å²) in [5.41, 5.74) is 1.35. The number of rotatable bonds is 7. The summed E-state index contributed by atoms with van der Waals surface area (Å²) < 4.78 is 5.34.